The second-order valence-corrected chi connectivity index (χ2v) is 6.11. The highest BCUT2D eigenvalue weighted by molar-refractivity contribution is 9.09. The summed E-state index contributed by atoms with van der Waals surface area (Å²) in [5, 5.41) is 2.55. The van der Waals surface area contributed by atoms with Gasteiger partial charge in [-0.25, -0.2) is 13.1 Å². The lowest BCUT2D eigenvalue weighted by Gasteiger charge is -2.02. The molecule has 0 aliphatic heterocycles. The average Bonchev–Trinajstić information content (AvgIpc) is 2.56. The first kappa shape index (κ1) is 11.2. The molecule has 74 valence electrons. The molecule has 0 amide bonds. The van der Waals surface area contributed by atoms with Gasteiger partial charge in [0.25, 0.3) is 0 Å². The quantitative estimate of drug-likeness (QED) is 0.662. The molecule has 1 rings (SSSR count). The Hall–Kier alpha value is 0.0900. The first-order chi connectivity index (χ1) is 6.17. The van der Waals surface area contributed by atoms with Crippen molar-refractivity contribution in [1.82, 2.24) is 4.72 Å². The van der Waals surface area contributed by atoms with E-state index in [1.165, 1.54) is 11.3 Å². The van der Waals surface area contributed by atoms with E-state index in [9.17, 15) is 8.42 Å². The van der Waals surface area contributed by atoms with E-state index in [0.717, 1.165) is 11.8 Å². The summed E-state index contributed by atoms with van der Waals surface area (Å²) in [4.78, 5) is 0. The normalized spacial score (nSPS) is 11.8. The van der Waals surface area contributed by atoms with Crippen LogP contribution in [0.25, 0.3) is 0 Å². The molecule has 1 N–H and O–H groups in total. The van der Waals surface area contributed by atoms with Crippen molar-refractivity contribution in [1.29, 1.82) is 0 Å². The van der Waals surface area contributed by atoms with Crippen LogP contribution in [-0.2, 0) is 10.0 Å². The third kappa shape index (κ3) is 3.38. The average molecular weight is 284 g/mol. The van der Waals surface area contributed by atoms with Crippen LogP contribution in [0.2, 0.25) is 0 Å². The van der Waals surface area contributed by atoms with Crippen molar-refractivity contribution in [2.24, 2.45) is 0 Å². The first-order valence-electron chi connectivity index (χ1n) is 3.76. The number of rotatable bonds is 5. The summed E-state index contributed by atoms with van der Waals surface area (Å²) < 4.78 is 25.8. The van der Waals surface area contributed by atoms with Crippen LogP contribution in [0.15, 0.2) is 21.7 Å². The highest BCUT2D eigenvalue weighted by Crippen LogP contribution is 2.14. The fourth-order valence-corrected chi connectivity index (χ4v) is 3.15. The van der Waals surface area contributed by atoms with Crippen molar-refractivity contribution in [3.8, 4) is 0 Å². The Morgan fingerprint density at radius 1 is 1.54 bits per heavy atom. The van der Waals surface area contributed by atoms with Gasteiger partial charge in [0.05, 0.1) is 0 Å². The van der Waals surface area contributed by atoms with Crippen molar-refractivity contribution in [3.05, 3.63) is 17.5 Å². The third-order valence-electron chi connectivity index (χ3n) is 1.36. The summed E-state index contributed by atoms with van der Waals surface area (Å²) in [5.74, 6) is 0. The molecule has 0 aliphatic rings. The molecule has 0 radical (unpaired) electrons. The topological polar surface area (TPSA) is 46.2 Å². The maximum atomic E-state index is 11.5. The largest absolute Gasteiger partial charge is 0.250 e. The van der Waals surface area contributed by atoms with Gasteiger partial charge in [-0.1, -0.05) is 22.0 Å². The summed E-state index contributed by atoms with van der Waals surface area (Å²) in [6.45, 7) is 0.478. The van der Waals surface area contributed by atoms with E-state index < -0.39 is 10.0 Å². The van der Waals surface area contributed by atoms with Gasteiger partial charge in [0.1, 0.15) is 4.21 Å². The number of thiophene rings is 1. The van der Waals surface area contributed by atoms with E-state index >= 15 is 0 Å². The van der Waals surface area contributed by atoms with Gasteiger partial charge in [-0.2, -0.15) is 0 Å². The molecule has 0 saturated carbocycles. The molecule has 0 atom stereocenters. The molecular weight excluding hydrogens is 274 g/mol. The Kier molecular flexibility index (Phi) is 4.37. The van der Waals surface area contributed by atoms with Gasteiger partial charge in [0.15, 0.2) is 0 Å². The predicted molar refractivity (Wildman–Crippen MR) is 57.9 cm³/mol. The molecular formula is C7H10BrNO2S2. The van der Waals surface area contributed by atoms with Gasteiger partial charge in [0, 0.05) is 11.9 Å². The maximum absolute atomic E-state index is 11.5. The molecule has 0 aromatic carbocycles. The lowest BCUT2D eigenvalue weighted by molar-refractivity contribution is 0.583. The second-order valence-electron chi connectivity index (χ2n) is 2.37. The Bertz CT molecular complexity index is 333. The van der Waals surface area contributed by atoms with Crippen molar-refractivity contribution in [2.45, 2.75) is 10.6 Å². The molecule has 0 saturated heterocycles. The Labute approximate surface area is 90.3 Å². The fraction of sp³-hybridized carbons (Fsp3) is 0.429. The lowest BCUT2D eigenvalue weighted by Crippen LogP contribution is -2.24. The number of sulfonamides is 1. The Morgan fingerprint density at radius 3 is 2.85 bits per heavy atom. The standard InChI is InChI=1S/C7H10BrNO2S2/c8-4-2-5-9-13(10,11)7-3-1-6-12-7/h1,3,6,9H,2,4-5H2. The number of hydrogen-bond donors (Lipinski definition) is 1. The molecule has 0 fully saturated rings. The summed E-state index contributed by atoms with van der Waals surface area (Å²) >= 11 is 4.46. The lowest BCUT2D eigenvalue weighted by atomic mass is 10.5. The van der Waals surface area contributed by atoms with E-state index in [4.69, 9.17) is 0 Å². The molecule has 6 heteroatoms. The van der Waals surface area contributed by atoms with E-state index in [1.807, 2.05) is 0 Å². The smallest absolute Gasteiger partial charge is 0.210 e. The van der Waals surface area contributed by atoms with Gasteiger partial charge in [0.2, 0.25) is 10.0 Å². The maximum Gasteiger partial charge on any atom is 0.250 e. The monoisotopic (exact) mass is 283 g/mol. The number of halogens is 1. The van der Waals surface area contributed by atoms with Crippen LogP contribution < -0.4 is 4.72 Å². The molecule has 3 nitrogen and oxygen atoms in total. The zero-order valence-electron chi connectivity index (χ0n) is 6.86. The molecule has 0 spiro atoms. The summed E-state index contributed by atoms with van der Waals surface area (Å²) in [6.07, 6.45) is 0.796. The molecule has 0 aliphatic carbocycles. The number of alkyl halides is 1. The summed E-state index contributed by atoms with van der Waals surface area (Å²) in [5.41, 5.74) is 0. The molecule has 0 bridgehead atoms. The van der Waals surface area contributed by atoms with Crippen LogP contribution in [0, 0.1) is 0 Å². The minimum Gasteiger partial charge on any atom is -0.210 e. The van der Waals surface area contributed by atoms with E-state index in [1.54, 1.807) is 17.5 Å². The number of hydrogen-bond acceptors (Lipinski definition) is 3. The minimum atomic E-state index is -3.24. The van der Waals surface area contributed by atoms with Gasteiger partial charge in [-0.05, 0) is 17.9 Å². The van der Waals surface area contributed by atoms with Crippen molar-refractivity contribution < 1.29 is 8.42 Å². The van der Waals surface area contributed by atoms with E-state index in [0.29, 0.717) is 10.8 Å². The molecule has 1 aromatic rings. The molecule has 1 heterocycles. The van der Waals surface area contributed by atoms with Gasteiger partial charge >= 0.3 is 0 Å². The van der Waals surface area contributed by atoms with Gasteiger partial charge in [-0.3, -0.25) is 0 Å². The van der Waals surface area contributed by atoms with Crippen LogP contribution >= 0.6 is 27.3 Å². The van der Waals surface area contributed by atoms with Gasteiger partial charge in [-0.15, -0.1) is 11.3 Å². The minimum absolute atomic E-state index is 0.377. The van der Waals surface area contributed by atoms with Crippen molar-refractivity contribution in [2.75, 3.05) is 11.9 Å². The van der Waals surface area contributed by atoms with Gasteiger partial charge < -0.3 is 0 Å². The van der Waals surface area contributed by atoms with Crippen LogP contribution in [0.3, 0.4) is 0 Å². The Morgan fingerprint density at radius 2 is 2.31 bits per heavy atom. The number of nitrogens with one attached hydrogen (secondary N) is 1. The first-order valence-corrected chi connectivity index (χ1v) is 7.24. The third-order valence-corrected chi connectivity index (χ3v) is 4.78. The highest BCUT2D eigenvalue weighted by atomic mass is 79.9. The van der Waals surface area contributed by atoms with Crippen LogP contribution in [0.4, 0.5) is 0 Å². The summed E-state index contributed by atoms with van der Waals surface area (Å²) in [6, 6.07) is 3.32. The predicted octanol–water partition coefficient (Wildman–Crippen LogP) is 1.81. The van der Waals surface area contributed by atoms with Crippen molar-refractivity contribution >= 4 is 37.3 Å². The zero-order chi connectivity index (χ0) is 9.73. The van der Waals surface area contributed by atoms with E-state index in [-0.39, 0.29) is 0 Å². The van der Waals surface area contributed by atoms with E-state index in [2.05, 4.69) is 20.7 Å². The summed E-state index contributed by atoms with van der Waals surface area (Å²) in [7, 11) is -3.24. The second kappa shape index (κ2) is 5.09. The van der Waals surface area contributed by atoms with Crippen LogP contribution in [0.1, 0.15) is 6.42 Å². The molecule has 1 aromatic heterocycles. The van der Waals surface area contributed by atoms with Crippen LogP contribution in [-0.4, -0.2) is 20.3 Å². The zero-order valence-corrected chi connectivity index (χ0v) is 10.1. The SMILES string of the molecule is O=S(=O)(NCCCBr)c1cccs1. The van der Waals surface area contributed by atoms with Crippen molar-refractivity contribution in [3.63, 3.8) is 0 Å². The molecule has 13 heavy (non-hydrogen) atoms. The van der Waals surface area contributed by atoms with Crippen LogP contribution in [0.5, 0.6) is 0 Å². The molecule has 0 unspecified atom stereocenters. The highest BCUT2D eigenvalue weighted by Gasteiger charge is 2.13. The Balaban J connectivity index is 2.58. The fourth-order valence-electron chi connectivity index (χ4n) is 0.761.